The van der Waals surface area contributed by atoms with E-state index in [0.717, 1.165) is 27.6 Å². The fourth-order valence-corrected chi connectivity index (χ4v) is 4.18. The van der Waals surface area contributed by atoms with Crippen molar-refractivity contribution in [2.75, 3.05) is 7.11 Å². The Bertz CT molecular complexity index is 1640. The predicted octanol–water partition coefficient (Wildman–Crippen LogP) is 6.14. The van der Waals surface area contributed by atoms with Crippen LogP contribution in [0.3, 0.4) is 0 Å². The van der Waals surface area contributed by atoms with Crippen molar-refractivity contribution in [1.29, 1.82) is 0 Å². The maximum atomic E-state index is 13.3. The van der Waals surface area contributed by atoms with Crippen molar-refractivity contribution in [3.63, 3.8) is 0 Å². The lowest BCUT2D eigenvalue weighted by molar-refractivity contribution is 0.0734. The molecule has 5 aromatic rings. The number of H-pyrrole nitrogens is 1. The number of hydrazone groups is 1. The Labute approximate surface area is 219 Å². The molecule has 7 nitrogen and oxygen atoms in total. The Balaban J connectivity index is 1.40. The number of aromatic amines is 1. The third-order valence-electron chi connectivity index (χ3n) is 6.08. The molecule has 7 heteroatoms. The van der Waals surface area contributed by atoms with Gasteiger partial charge in [-0.15, -0.1) is 0 Å². The molecule has 0 unspecified atom stereocenters. The molecule has 38 heavy (non-hydrogen) atoms. The molecule has 0 aliphatic carbocycles. The van der Waals surface area contributed by atoms with Crippen molar-refractivity contribution < 1.29 is 19.1 Å². The first-order valence-corrected chi connectivity index (χ1v) is 12.0. The molecule has 0 saturated heterocycles. The van der Waals surface area contributed by atoms with Crippen LogP contribution in [0.25, 0.3) is 22.0 Å². The molecule has 2 N–H and O–H groups in total. The molecule has 1 amide bonds. The Kier molecular flexibility index (Phi) is 6.99. The summed E-state index contributed by atoms with van der Waals surface area (Å²) in [6, 6.07) is 29.4. The summed E-state index contributed by atoms with van der Waals surface area (Å²) < 4.78 is 11.1. The van der Waals surface area contributed by atoms with Crippen LogP contribution in [0.4, 0.5) is 0 Å². The molecular weight excluding hydrogens is 478 g/mol. The summed E-state index contributed by atoms with van der Waals surface area (Å²) >= 11 is 0. The summed E-state index contributed by atoms with van der Waals surface area (Å²) in [5.41, 5.74) is 7.33. The average molecular weight is 504 g/mol. The maximum Gasteiger partial charge on any atom is 0.343 e. The van der Waals surface area contributed by atoms with E-state index >= 15 is 0 Å². The number of carbonyl (C=O) groups is 2. The minimum absolute atomic E-state index is 0.330. The van der Waals surface area contributed by atoms with Gasteiger partial charge in [0.15, 0.2) is 0 Å². The molecule has 0 radical (unpaired) electrons. The number of hydrogen-bond donors (Lipinski definition) is 2. The molecule has 188 valence electrons. The molecule has 5 rings (SSSR count). The second kappa shape index (κ2) is 10.8. The lowest BCUT2D eigenvalue weighted by Gasteiger charge is -2.08. The van der Waals surface area contributed by atoms with Crippen molar-refractivity contribution in [3.8, 4) is 22.6 Å². The molecule has 1 aromatic heterocycles. The number of nitrogens with zero attached hydrogens (tertiary/aromatic N) is 1. The summed E-state index contributed by atoms with van der Waals surface area (Å²) in [7, 11) is 1.59. The number of aryl methyl sites for hydroxylation is 1. The van der Waals surface area contributed by atoms with Crippen LogP contribution in [0, 0.1) is 6.92 Å². The summed E-state index contributed by atoms with van der Waals surface area (Å²) in [5.74, 6) is 0.0600. The van der Waals surface area contributed by atoms with Gasteiger partial charge in [0, 0.05) is 16.5 Å². The van der Waals surface area contributed by atoms with Gasteiger partial charge in [0.25, 0.3) is 5.91 Å². The van der Waals surface area contributed by atoms with Crippen LogP contribution in [0.2, 0.25) is 0 Å². The molecular formula is C31H25N3O4. The fraction of sp³-hybridized carbons (Fsp3) is 0.0645. The number of methoxy groups -OCH3 is 1. The Morgan fingerprint density at radius 2 is 1.55 bits per heavy atom. The standard InChI is InChI=1S/C31H25N3O4/c1-20-15-17-22(18-16-20)31(36)38-25-13-7-6-11-23(25)19-32-34-30(35)29-27(21-9-4-3-5-10-21)24-12-8-14-26(37-2)28(24)33-29/h3-19,33H,1-2H3,(H,34,35). The third-order valence-corrected chi connectivity index (χ3v) is 6.08. The number of ether oxygens (including phenoxy) is 2. The first-order chi connectivity index (χ1) is 18.5. The van der Waals surface area contributed by atoms with Crippen molar-refractivity contribution >= 4 is 29.0 Å². The number of nitrogens with one attached hydrogen (secondary N) is 2. The zero-order valence-corrected chi connectivity index (χ0v) is 20.9. The first kappa shape index (κ1) is 24.5. The monoisotopic (exact) mass is 503 g/mol. The average Bonchev–Trinajstić information content (AvgIpc) is 3.35. The van der Waals surface area contributed by atoms with Crippen LogP contribution < -0.4 is 14.9 Å². The number of benzene rings is 4. The zero-order chi connectivity index (χ0) is 26.5. The number of aromatic nitrogens is 1. The van der Waals surface area contributed by atoms with E-state index in [4.69, 9.17) is 9.47 Å². The molecule has 0 atom stereocenters. The van der Waals surface area contributed by atoms with Crippen LogP contribution in [0.15, 0.2) is 102 Å². The SMILES string of the molecule is COc1cccc2c(-c3ccccc3)c(C(=O)NN=Cc3ccccc3OC(=O)c3ccc(C)cc3)[nH]c12. The molecule has 0 saturated carbocycles. The smallest absolute Gasteiger partial charge is 0.343 e. The molecule has 0 bridgehead atoms. The van der Waals surface area contributed by atoms with Gasteiger partial charge in [0.1, 0.15) is 17.2 Å². The van der Waals surface area contributed by atoms with Gasteiger partial charge in [-0.3, -0.25) is 4.79 Å². The van der Waals surface area contributed by atoms with Gasteiger partial charge < -0.3 is 14.5 Å². The normalized spacial score (nSPS) is 11.0. The van der Waals surface area contributed by atoms with Gasteiger partial charge in [-0.1, -0.05) is 72.3 Å². The Morgan fingerprint density at radius 1 is 0.842 bits per heavy atom. The van der Waals surface area contributed by atoms with E-state index in [1.165, 1.54) is 6.21 Å². The summed E-state index contributed by atoms with van der Waals surface area (Å²) in [6.07, 6.45) is 1.45. The van der Waals surface area contributed by atoms with Crippen LogP contribution in [-0.2, 0) is 0 Å². The molecule has 4 aromatic carbocycles. The molecule has 0 aliphatic heterocycles. The summed E-state index contributed by atoms with van der Waals surface area (Å²) in [6.45, 7) is 1.95. The van der Waals surface area contributed by atoms with E-state index in [0.29, 0.717) is 28.3 Å². The highest BCUT2D eigenvalue weighted by atomic mass is 16.5. The predicted molar refractivity (Wildman–Crippen MR) is 148 cm³/mol. The number of fused-ring (bicyclic) bond motifs is 1. The maximum absolute atomic E-state index is 13.3. The quantitative estimate of drug-likeness (QED) is 0.121. The largest absolute Gasteiger partial charge is 0.495 e. The van der Waals surface area contributed by atoms with Gasteiger partial charge in [-0.25, -0.2) is 10.2 Å². The molecule has 0 aliphatic rings. The van der Waals surface area contributed by atoms with E-state index in [9.17, 15) is 9.59 Å². The number of para-hydroxylation sites is 2. The minimum Gasteiger partial charge on any atom is -0.495 e. The number of amides is 1. The van der Waals surface area contributed by atoms with Gasteiger partial charge in [-0.05, 0) is 42.8 Å². The minimum atomic E-state index is -0.477. The Morgan fingerprint density at radius 3 is 2.32 bits per heavy atom. The number of rotatable bonds is 7. The van der Waals surface area contributed by atoms with Gasteiger partial charge in [-0.2, -0.15) is 5.10 Å². The fourth-order valence-electron chi connectivity index (χ4n) is 4.18. The highest BCUT2D eigenvalue weighted by Gasteiger charge is 2.21. The summed E-state index contributed by atoms with van der Waals surface area (Å²) in [4.78, 5) is 29.1. The van der Waals surface area contributed by atoms with Gasteiger partial charge in [0.05, 0.1) is 24.4 Å². The van der Waals surface area contributed by atoms with Crippen LogP contribution in [0.5, 0.6) is 11.5 Å². The van der Waals surface area contributed by atoms with Crippen LogP contribution in [0.1, 0.15) is 32.0 Å². The highest BCUT2D eigenvalue weighted by Crippen LogP contribution is 2.36. The van der Waals surface area contributed by atoms with E-state index in [2.05, 4.69) is 15.5 Å². The summed E-state index contributed by atoms with van der Waals surface area (Å²) in [5, 5.41) is 5.01. The second-order valence-electron chi connectivity index (χ2n) is 8.62. The van der Waals surface area contributed by atoms with Gasteiger partial charge >= 0.3 is 5.97 Å². The van der Waals surface area contributed by atoms with Crippen molar-refractivity contribution in [3.05, 3.63) is 119 Å². The molecule has 1 heterocycles. The van der Waals surface area contributed by atoms with Crippen molar-refractivity contribution in [1.82, 2.24) is 10.4 Å². The number of esters is 1. The lowest BCUT2D eigenvalue weighted by Crippen LogP contribution is -2.19. The van der Waals surface area contributed by atoms with E-state index < -0.39 is 11.9 Å². The number of carbonyl (C=O) groups excluding carboxylic acids is 2. The van der Waals surface area contributed by atoms with Crippen LogP contribution in [-0.4, -0.2) is 30.2 Å². The number of hydrogen-bond acceptors (Lipinski definition) is 5. The van der Waals surface area contributed by atoms with Crippen molar-refractivity contribution in [2.45, 2.75) is 6.92 Å². The van der Waals surface area contributed by atoms with Crippen molar-refractivity contribution in [2.24, 2.45) is 5.10 Å². The molecule has 0 fully saturated rings. The van der Waals surface area contributed by atoms with Crippen LogP contribution >= 0.6 is 0 Å². The topological polar surface area (TPSA) is 92.8 Å². The van der Waals surface area contributed by atoms with E-state index in [-0.39, 0.29) is 0 Å². The van der Waals surface area contributed by atoms with E-state index in [1.54, 1.807) is 43.5 Å². The van der Waals surface area contributed by atoms with E-state index in [1.807, 2.05) is 67.6 Å². The highest BCUT2D eigenvalue weighted by molar-refractivity contribution is 6.11. The first-order valence-electron chi connectivity index (χ1n) is 12.0. The molecule has 0 spiro atoms. The Hall–Kier alpha value is -5.17. The third kappa shape index (κ3) is 5.03. The lowest BCUT2D eigenvalue weighted by atomic mass is 10.0. The zero-order valence-electron chi connectivity index (χ0n) is 20.9. The second-order valence-corrected chi connectivity index (χ2v) is 8.62. The van der Waals surface area contributed by atoms with Gasteiger partial charge in [0.2, 0.25) is 0 Å².